The van der Waals surface area contributed by atoms with Crippen molar-refractivity contribution in [1.82, 2.24) is 5.32 Å². The van der Waals surface area contributed by atoms with E-state index < -0.39 is 23.4 Å². The van der Waals surface area contributed by atoms with Crippen molar-refractivity contribution in [2.75, 3.05) is 18.0 Å². The number of nitrogens with one attached hydrogen (secondary N) is 1. The molecule has 0 unspecified atom stereocenters. The topological polar surface area (TPSA) is 65.4 Å². The molecule has 1 N–H and O–H groups in total. The lowest BCUT2D eigenvalue weighted by Gasteiger charge is -2.24. The van der Waals surface area contributed by atoms with Gasteiger partial charge in [-0.1, -0.05) is 0 Å². The molecule has 0 aliphatic carbocycles. The highest BCUT2D eigenvalue weighted by Gasteiger charge is 2.37. The maximum absolute atomic E-state index is 13.3. The predicted molar refractivity (Wildman–Crippen MR) is 86.1 cm³/mol. The van der Waals surface area contributed by atoms with Crippen LogP contribution >= 0.6 is 0 Å². The molecule has 2 rings (SSSR count). The van der Waals surface area contributed by atoms with Gasteiger partial charge in [0, 0.05) is 18.8 Å². The lowest BCUT2D eigenvalue weighted by atomic mass is 10.1. The van der Waals surface area contributed by atoms with E-state index in [1.165, 1.54) is 12.1 Å². The van der Waals surface area contributed by atoms with Crippen molar-refractivity contribution < 1.29 is 22.7 Å². The Labute approximate surface area is 144 Å². The molecule has 1 heterocycles. The second-order valence-corrected chi connectivity index (χ2v) is 6.92. The number of carbonyl (C=O) groups excluding carboxylic acids is 1. The number of nitrogens with zero attached hydrogens (tertiary/aromatic N) is 2. The Morgan fingerprint density at radius 2 is 2.04 bits per heavy atom. The molecular formula is C17H20F3N3O2. The van der Waals surface area contributed by atoms with Crippen LogP contribution in [-0.2, 0) is 10.9 Å². The van der Waals surface area contributed by atoms with E-state index in [0.717, 1.165) is 6.07 Å². The number of ether oxygens (including phenoxy) is 1. The molecule has 1 fully saturated rings. The zero-order chi connectivity index (χ0) is 18.8. The molecule has 0 bridgehead atoms. The highest BCUT2D eigenvalue weighted by atomic mass is 19.4. The van der Waals surface area contributed by atoms with Crippen molar-refractivity contribution in [3.05, 3.63) is 29.3 Å². The van der Waals surface area contributed by atoms with Crippen molar-refractivity contribution in [3.8, 4) is 6.07 Å². The minimum atomic E-state index is -4.56. The molecule has 0 spiro atoms. The Bertz CT molecular complexity index is 690. The summed E-state index contributed by atoms with van der Waals surface area (Å²) >= 11 is 0. The van der Waals surface area contributed by atoms with Crippen LogP contribution in [0.2, 0.25) is 0 Å². The first-order valence-electron chi connectivity index (χ1n) is 7.85. The van der Waals surface area contributed by atoms with E-state index in [0.29, 0.717) is 13.0 Å². The normalized spacial score (nSPS) is 18.0. The fourth-order valence-electron chi connectivity index (χ4n) is 2.68. The van der Waals surface area contributed by atoms with Gasteiger partial charge < -0.3 is 15.0 Å². The summed E-state index contributed by atoms with van der Waals surface area (Å²) in [7, 11) is 0. The van der Waals surface area contributed by atoms with Gasteiger partial charge in [-0.05, 0) is 45.4 Å². The largest absolute Gasteiger partial charge is 0.444 e. The van der Waals surface area contributed by atoms with Gasteiger partial charge in [0.25, 0.3) is 0 Å². The number of alkyl carbamates (subject to hydrolysis) is 1. The second kappa shape index (κ2) is 6.82. The molecule has 1 amide bonds. The summed E-state index contributed by atoms with van der Waals surface area (Å²) in [6.07, 6.45) is -4.63. The predicted octanol–water partition coefficient (Wildman–Crippen LogP) is 3.68. The van der Waals surface area contributed by atoms with Gasteiger partial charge in [0.15, 0.2) is 0 Å². The van der Waals surface area contributed by atoms with Crippen molar-refractivity contribution in [3.63, 3.8) is 0 Å². The highest BCUT2D eigenvalue weighted by Crippen LogP contribution is 2.38. The van der Waals surface area contributed by atoms with Crippen molar-refractivity contribution in [1.29, 1.82) is 5.26 Å². The summed E-state index contributed by atoms with van der Waals surface area (Å²) in [6, 6.07) is 4.94. The first-order valence-corrected chi connectivity index (χ1v) is 7.85. The van der Waals surface area contributed by atoms with Gasteiger partial charge in [-0.2, -0.15) is 18.4 Å². The molecule has 136 valence electrons. The molecule has 0 saturated carbocycles. The zero-order valence-electron chi connectivity index (χ0n) is 14.3. The average Bonchev–Trinajstić information content (AvgIpc) is 2.91. The van der Waals surface area contributed by atoms with Crippen LogP contribution in [0.15, 0.2) is 18.2 Å². The zero-order valence-corrected chi connectivity index (χ0v) is 14.3. The molecular weight excluding hydrogens is 335 g/mol. The fourth-order valence-corrected chi connectivity index (χ4v) is 2.68. The number of carbonyl (C=O) groups is 1. The molecule has 0 radical (unpaired) electrons. The maximum Gasteiger partial charge on any atom is 0.418 e. The van der Waals surface area contributed by atoms with Crippen molar-refractivity contribution in [2.24, 2.45) is 0 Å². The Hall–Kier alpha value is -2.43. The van der Waals surface area contributed by atoms with Gasteiger partial charge in [0.05, 0.1) is 23.2 Å². The third-order valence-corrected chi connectivity index (χ3v) is 3.68. The van der Waals surface area contributed by atoms with Crippen LogP contribution in [0.3, 0.4) is 0 Å². The quantitative estimate of drug-likeness (QED) is 0.879. The molecule has 1 atom stereocenters. The summed E-state index contributed by atoms with van der Waals surface area (Å²) in [6.45, 7) is 5.82. The van der Waals surface area contributed by atoms with Crippen molar-refractivity contribution >= 4 is 11.8 Å². The molecule has 1 aliphatic heterocycles. The van der Waals surface area contributed by atoms with E-state index in [4.69, 9.17) is 10.00 Å². The number of halogens is 3. The van der Waals surface area contributed by atoms with Crippen molar-refractivity contribution in [2.45, 2.75) is 45.0 Å². The molecule has 1 aliphatic rings. The Morgan fingerprint density at radius 1 is 1.36 bits per heavy atom. The number of anilines is 1. The minimum Gasteiger partial charge on any atom is -0.444 e. The highest BCUT2D eigenvalue weighted by molar-refractivity contribution is 5.68. The number of alkyl halides is 3. The third kappa shape index (κ3) is 5.02. The first-order chi connectivity index (χ1) is 11.5. The summed E-state index contributed by atoms with van der Waals surface area (Å²) < 4.78 is 45.0. The summed E-state index contributed by atoms with van der Waals surface area (Å²) in [5.41, 5.74) is -1.51. The molecule has 1 saturated heterocycles. The van der Waals surface area contributed by atoms with Crippen LogP contribution in [0.4, 0.5) is 23.7 Å². The minimum absolute atomic E-state index is 0.0139. The van der Waals surface area contributed by atoms with E-state index in [1.54, 1.807) is 31.7 Å². The average molecular weight is 355 g/mol. The van der Waals surface area contributed by atoms with Crippen LogP contribution in [0, 0.1) is 11.3 Å². The summed E-state index contributed by atoms with van der Waals surface area (Å²) in [5.74, 6) is 0. The van der Waals surface area contributed by atoms with Gasteiger partial charge in [0.2, 0.25) is 0 Å². The Morgan fingerprint density at radius 3 is 2.60 bits per heavy atom. The van der Waals surface area contributed by atoms with Crippen LogP contribution in [0.1, 0.15) is 38.3 Å². The van der Waals surface area contributed by atoms with Crippen LogP contribution in [0.25, 0.3) is 0 Å². The number of rotatable bonds is 2. The fraction of sp³-hybridized carbons (Fsp3) is 0.529. The maximum atomic E-state index is 13.3. The van der Waals surface area contributed by atoms with Gasteiger partial charge >= 0.3 is 12.3 Å². The van der Waals surface area contributed by atoms with E-state index in [-0.39, 0.29) is 23.8 Å². The van der Waals surface area contributed by atoms with Gasteiger partial charge in [-0.15, -0.1) is 0 Å². The van der Waals surface area contributed by atoms with E-state index in [1.807, 2.05) is 0 Å². The molecule has 5 nitrogen and oxygen atoms in total. The Balaban J connectivity index is 2.12. The molecule has 8 heteroatoms. The van der Waals surface area contributed by atoms with E-state index in [2.05, 4.69) is 5.32 Å². The number of hydrogen-bond donors (Lipinski definition) is 1. The molecule has 25 heavy (non-hydrogen) atoms. The lowest BCUT2D eigenvalue weighted by Crippen LogP contribution is -2.40. The SMILES string of the molecule is CC(C)(C)OC(=O)N[C@H]1CCN(c2ccc(C#N)cc2C(F)(F)F)C1. The molecule has 1 aromatic rings. The summed E-state index contributed by atoms with van der Waals surface area (Å²) in [4.78, 5) is 13.4. The van der Waals surface area contributed by atoms with Crippen LogP contribution in [0.5, 0.6) is 0 Å². The third-order valence-electron chi connectivity index (χ3n) is 3.68. The van der Waals surface area contributed by atoms with Crippen LogP contribution < -0.4 is 10.2 Å². The Kier molecular flexibility index (Phi) is 5.16. The smallest absolute Gasteiger partial charge is 0.418 e. The van der Waals surface area contributed by atoms with Gasteiger partial charge in [0.1, 0.15) is 5.60 Å². The number of hydrogen-bond acceptors (Lipinski definition) is 4. The van der Waals surface area contributed by atoms with E-state index in [9.17, 15) is 18.0 Å². The number of benzene rings is 1. The first kappa shape index (κ1) is 18.9. The second-order valence-electron chi connectivity index (χ2n) is 6.92. The number of amides is 1. The van der Waals surface area contributed by atoms with E-state index >= 15 is 0 Å². The standard InChI is InChI=1S/C17H20F3N3O2/c1-16(2,3)25-15(24)22-12-6-7-23(10-12)14-5-4-11(9-21)8-13(14)17(18,19)20/h4-5,8,12H,6-7,10H2,1-3H3,(H,22,24)/t12-/m0/s1. The molecule has 1 aromatic carbocycles. The van der Waals surface area contributed by atoms with Gasteiger partial charge in [-0.3, -0.25) is 0 Å². The number of nitriles is 1. The lowest BCUT2D eigenvalue weighted by molar-refractivity contribution is -0.137. The van der Waals surface area contributed by atoms with Crippen LogP contribution in [-0.4, -0.2) is 30.8 Å². The molecule has 0 aromatic heterocycles. The summed E-state index contributed by atoms with van der Waals surface area (Å²) in [5, 5.41) is 11.5. The van der Waals surface area contributed by atoms with Gasteiger partial charge in [-0.25, -0.2) is 4.79 Å². The monoisotopic (exact) mass is 355 g/mol.